The summed E-state index contributed by atoms with van der Waals surface area (Å²) in [6.45, 7) is 5.46. The second kappa shape index (κ2) is 8.18. The van der Waals surface area contributed by atoms with Crippen LogP contribution in [0, 0.1) is 0 Å². The summed E-state index contributed by atoms with van der Waals surface area (Å²) in [6.07, 6.45) is 5.70. The van der Waals surface area contributed by atoms with Gasteiger partial charge < -0.3 is 19.9 Å². The summed E-state index contributed by atoms with van der Waals surface area (Å²) in [5.41, 5.74) is 1.97. The number of nitrogens with one attached hydrogen (secondary N) is 1. The lowest BCUT2D eigenvalue weighted by atomic mass is 10.2. The van der Waals surface area contributed by atoms with Crippen molar-refractivity contribution in [1.82, 2.24) is 25.0 Å². The second-order valence-electron chi connectivity index (χ2n) is 6.69. The van der Waals surface area contributed by atoms with Gasteiger partial charge in [-0.05, 0) is 18.6 Å². The highest BCUT2D eigenvalue weighted by molar-refractivity contribution is 5.73. The minimum Gasteiger partial charge on any atom is -0.375 e. The molecular weight excluding hydrogens is 332 g/mol. The van der Waals surface area contributed by atoms with Crippen LogP contribution in [0.1, 0.15) is 18.1 Å². The molecule has 1 fully saturated rings. The summed E-state index contributed by atoms with van der Waals surface area (Å²) in [5, 5.41) is 7.03. The first kappa shape index (κ1) is 18.2. The Hall–Kier alpha value is -2.61. The first-order valence-electron chi connectivity index (χ1n) is 8.79. The summed E-state index contributed by atoms with van der Waals surface area (Å²) in [6, 6.07) is 3.88. The number of carbonyl (C=O) groups is 1. The van der Waals surface area contributed by atoms with Crippen molar-refractivity contribution in [3.8, 4) is 0 Å². The molecule has 140 valence electrons. The van der Waals surface area contributed by atoms with Gasteiger partial charge in [0.1, 0.15) is 5.82 Å². The molecule has 1 aliphatic rings. The Kier molecular flexibility index (Phi) is 5.72. The summed E-state index contributed by atoms with van der Waals surface area (Å²) in [7, 11) is 3.63. The van der Waals surface area contributed by atoms with Crippen molar-refractivity contribution in [2.45, 2.75) is 26.1 Å². The molecule has 2 aromatic heterocycles. The number of rotatable bonds is 5. The van der Waals surface area contributed by atoms with Gasteiger partial charge in [0, 0.05) is 51.7 Å². The molecule has 0 aliphatic carbocycles. The van der Waals surface area contributed by atoms with E-state index >= 15 is 0 Å². The quantitative estimate of drug-likeness (QED) is 0.874. The van der Waals surface area contributed by atoms with E-state index in [4.69, 9.17) is 4.74 Å². The van der Waals surface area contributed by atoms with E-state index in [1.165, 1.54) is 0 Å². The maximum Gasteiger partial charge on any atom is 0.317 e. The number of hydrogen-bond donors (Lipinski definition) is 1. The van der Waals surface area contributed by atoms with Crippen LogP contribution in [-0.4, -0.2) is 58.5 Å². The van der Waals surface area contributed by atoms with Crippen molar-refractivity contribution in [3.63, 3.8) is 0 Å². The summed E-state index contributed by atoms with van der Waals surface area (Å²) in [4.78, 5) is 20.6. The third-order valence-electron chi connectivity index (χ3n) is 4.34. The third kappa shape index (κ3) is 4.72. The number of hydrogen-bond acceptors (Lipinski definition) is 5. The van der Waals surface area contributed by atoms with Gasteiger partial charge in [-0.3, -0.25) is 4.68 Å². The monoisotopic (exact) mass is 358 g/mol. The smallest absolute Gasteiger partial charge is 0.317 e. The maximum absolute atomic E-state index is 12.2. The zero-order valence-electron chi connectivity index (χ0n) is 15.6. The zero-order valence-corrected chi connectivity index (χ0v) is 15.6. The fraction of sp³-hybridized carbons (Fsp3) is 0.500. The van der Waals surface area contributed by atoms with Crippen LogP contribution in [0.15, 0.2) is 30.7 Å². The molecule has 2 amide bonds. The van der Waals surface area contributed by atoms with Crippen molar-refractivity contribution < 1.29 is 9.53 Å². The molecule has 0 radical (unpaired) electrons. The molecule has 1 N–H and O–H groups in total. The summed E-state index contributed by atoms with van der Waals surface area (Å²) in [5.74, 6) is 0.948. The fourth-order valence-electron chi connectivity index (χ4n) is 2.95. The van der Waals surface area contributed by atoms with Gasteiger partial charge >= 0.3 is 6.03 Å². The SMILES string of the molecule is CC1CN(c2ccc(CNC(=O)N(C)Cc3cnn(C)c3)cn2)CCO1. The van der Waals surface area contributed by atoms with Crippen LogP contribution in [0.5, 0.6) is 0 Å². The molecule has 26 heavy (non-hydrogen) atoms. The van der Waals surface area contributed by atoms with Crippen molar-refractivity contribution in [2.75, 3.05) is 31.6 Å². The minimum absolute atomic E-state index is 0.125. The lowest BCUT2D eigenvalue weighted by Gasteiger charge is -2.32. The van der Waals surface area contributed by atoms with Gasteiger partial charge in [-0.2, -0.15) is 5.10 Å². The zero-order chi connectivity index (χ0) is 18.5. The number of anilines is 1. The van der Waals surface area contributed by atoms with Gasteiger partial charge in [-0.1, -0.05) is 6.07 Å². The van der Waals surface area contributed by atoms with Crippen LogP contribution < -0.4 is 10.2 Å². The lowest BCUT2D eigenvalue weighted by molar-refractivity contribution is 0.0529. The molecule has 3 heterocycles. The molecule has 1 aliphatic heterocycles. The van der Waals surface area contributed by atoms with Gasteiger partial charge in [-0.25, -0.2) is 9.78 Å². The van der Waals surface area contributed by atoms with Gasteiger partial charge in [-0.15, -0.1) is 0 Å². The van der Waals surface area contributed by atoms with Crippen LogP contribution in [0.2, 0.25) is 0 Å². The number of aromatic nitrogens is 3. The van der Waals surface area contributed by atoms with Gasteiger partial charge in [0.15, 0.2) is 0 Å². The molecule has 0 bridgehead atoms. The molecule has 0 saturated carbocycles. The molecule has 0 aromatic carbocycles. The normalized spacial score (nSPS) is 17.2. The Balaban J connectivity index is 1.48. The molecule has 8 nitrogen and oxygen atoms in total. The number of urea groups is 1. The molecular formula is C18H26N6O2. The van der Waals surface area contributed by atoms with E-state index in [-0.39, 0.29) is 12.1 Å². The number of nitrogens with zero attached hydrogens (tertiary/aromatic N) is 5. The molecule has 1 saturated heterocycles. The number of pyridine rings is 1. The Morgan fingerprint density at radius 3 is 2.88 bits per heavy atom. The van der Waals surface area contributed by atoms with Crippen LogP contribution in [0.3, 0.4) is 0 Å². The highest BCUT2D eigenvalue weighted by Gasteiger charge is 2.17. The Morgan fingerprint density at radius 2 is 2.23 bits per heavy atom. The maximum atomic E-state index is 12.2. The third-order valence-corrected chi connectivity index (χ3v) is 4.34. The molecule has 2 aromatic rings. The van der Waals surface area contributed by atoms with Crippen molar-refractivity contribution in [1.29, 1.82) is 0 Å². The second-order valence-corrected chi connectivity index (χ2v) is 6.69. The van der Waals surface area contributed by atoms with E-state index in [0.29, 0.717) is 13.1 Å². The Bertz CT molecular complexity index is 730. The highest BCUT2D eigenvalue weighted by Crippen LogP contribution is 2.15. The Morgan fingerprint density at radius 1 is 1.38 bits per heavy atom. The average Bonchev–Trinajstić information content (AvgIpc) is 3.05. The molecule has 8 heteroatoms. The standard InChI is InChI=1S/C18H26N6O2/c1-14-11-24(6-7-26-14)17-5-4-15(8-19-17)9-20-18(25)22(2)12-16-10-21-23(3)13-16/h4-5,8,10,13-14H,6-7,9,11-12H2,1-3H3,(H,20,25). The van der Waals surface area contributed by atoms with E-state index in [1.54, 1.807) is 22.8 Å². The fourth-order valence-corrected chi connectivity index (χ4v) is 2.95. The highest BCUT2D eigenvalue weighted by atomic mass is 16.5. The van der Waals surface area contributed by atoms with E-state index < -0.39 is 0 Å². The number of carbonyl (C=O) groups excluding carboxylic acids is 1. The topological polar surface area (TPSA) is 75.5 Å². The predicted molar refractivity (Wildman–Crippen MR) is 98.8 cm³/mol. The number of amides is 2. The largest absolute Gasteiger partial charge is 0.375 e. The van der Waals surface area contributed by atoms with Gasteiger partial charge in [0.2, 0.25) is 0 Å². The number of aryl methyl sites for hydroxylation is 1. The first-order chi connectivity index (χ1) is 12.5. The first-order valence-corrected chi connectivity index (χ1v) is 8.79. The van der Waals surface area contributed by atoms with Crippen molar-refractivity contribution in [2.24, 2.45) is 7.05 Å². The number of morpholine rings is 1. The predicted octanol–water partition coefficient (Wildman–Crippen LogP) is 1.38. The molecule has 1 unspecified atom stereocenters. The van der Waals surface area contributed by atoms with Crippen LogP contribution >= 0.6 is 0 Å². The summed E-state index contributed by atoms with van der Waals surface area (Å²) >= 11 is 0. The van der Waals surface area contributed by atoms with Crippen LogP contribution in [0.4, 0.5) is 10.6 Å². The lowest BCUT2D eigenvalue weighted by Crippen LogP contribution is -2.41. The van der Waals surface area contributed by atoms with Crippen molar-refractivity contribution in [3.05, 3.63) is 41.9 Å². The van der Waals surface area contributed by atoms with E-state index in [9.17, 15) is 4.79 Å². The van der Waals surface area contributed by atoms with Gasteiger partial charge in [0.25, 0.3) is 0 Å². The number of ether oxygens (including phenoxy) is 1. The average molecular weight is 358 g/mol. The van der Waals surface area contributed by atoms with E-state index in [2.05, 4.69) is 27.2 Å². The van der Waals surface area contributed by atoms with Crippen molar-refractivity contribution >= 4 is 11.8 Å². The molecule has 1 atom stereocenters. The van der Waals surface area contributed by atoms with Crippen LogP contribution in [-0.2, 0) is 24.9 Å². The molecule has 3 rings (SSSR count). The summed E-state index contributed by atoms with van der Waals surface area (Å²) < 4.78 is 7.28. The van der Waals surface area contributed by atoms with Gasteiger partial charge in [0.05, 0.1) is 25.5 Å². The molecule has 0 spiro atoms. The Labute approximate surface area is 153 Å². The van der Waals surface area contributed by atoms with Crippen LogP contribution in [0.25, 0.3) is 0 Å². The van der Waals surface area contributed by atoms with E-state index in [0.717, 1.165) is 36.6 Å². The minimum atomic E-state index is -0.125. The van der Waals surface area contributed by atoms with E-state index in [1.807, 2.05) is 31.6 Å².